The van der Waals surface area contributed by atoms with Gasteiger partial charge >= 0.3 is 0 Å². The Morgan fingerprint density at radius 2 is 2.00 bits per heavy atom. The summed E-state index contributed by atoms with van der Waals surface area (Å²) in [7, 11) is 0. The van der Waals surface area contributed by atoms with Crippen molar-refractivity contribution in [1.82, 2.24) is 15.1 Å². The lowest BCUT2D eigenvalue weighted by molar-refractivity contribution is 0.405. The second kappa shape index (κ2) is 6.20. The Bertz CT molecular complexity index is 322. The van der Waals surface area contributed by atoms with Crippen LogP contribution < -0.4 is 5.32 Å². The molecule has 0 saturated heterocycles. The summed E-state index contributed by atoms with van der Waals surface area (Å²) in [5.41, 5.74) is 1.31. The number of hydrogen-bond donors (Lipinski definition) is 1. The molecule has 0 spiro atoms. The van der Waals surface area contributed by atoms with Gasteiger partial charge in [0, 0.05) is 24.3 Å². The second-order valence-corrected chi connectivity index (χ2v) is 5.51. The lowest BCUT2D eigenvalue weighted by Crippen LogP contribution is -2.21. The van der Waals surface area contributed by atoms with Crippen LogP contribution in [0.5, 0.6) is 0 Å². The Labute approximate surface area is 105 Å². The maximum absolute atomic E-state index is 4.54. The van der Waals surface area contributed by atoms with E-state index in [1.165, 1.54) is 44.1 Å². The van der Waals surface area contributed by atoms with Gasteiger partial charge in [-0.15, -0.1) is 0 Å². The molecule has 1 aromatic heterocycles. The first-order valence-corrected chi connectivity index (χ1v) is 7.02. The molecule has 0 atom stereocenters. The van der Waals surface area contributed by atoms with E-state index < -0.39 is 0 Å². The predicted molar refractivity (Wildman–Crippen MR) is 70.9 cm³/mol. The number of nitrogens with one attached hydrogen (secondary N) is 1. The minimum atomic E-state index is 0.538. The summed E-state index contributed by atoms with van der Waals surface area (Å²) in [6, 6.07) is 1.18. The third-order valence-corrected chi connectivity index (χ3v) is 3.57. The van der Waals surface area contributed by atoms with Gasteiger partial charge < -0.3 is 5.32 Å². The van der Waals surface area contributed by atoms with E-state index in [1.54, 1.807) is 0 Å². The standard InChI is InChI=1S/C14H25N3/c1-12(2)15-9-13-10-16-17(11-13)14-7-5-3-4-6-8-14/h10-12,14-15H,3-9H2,1-2H3. The van der Waals surface area contributed by atoms with Crippen LogP contribution in [0.1, 0.15) is 64.0 Å². The van der Waals surface area contributed by atoms with Crippen molar-refractivity contribution >= 4 is 0 Å². The van der Waals surface area contributed by atoms with Crippen molar-refractivity contribution in [2.45, 2.75) is 71.0 Å². The number of rotatable bonds is 4. The van der Waals surface area contributed by atoms with Crippen molar-refractivity contribution in [1.29, 1.82) is 0 Å². The van der Waals surface area contributed by atoms with E-state index in [0.29, 0.717) is 12.1 Å². The van der Waals surface area contributed by atoms with Crippen LogP contribution in [0.4, 0.5) is 0 Å². The van der Waals surface area contributed by atoms with E-state index in [4.69, 9.17) is 0 Å². The monoisotopic (exact) mass is 235 g/mol. The lowest BCUT2D eigenvalue weighted by Gasteiger charge is -2.14. The Kier molecular flexibility index (Phi) is 4.60. The Hall–Kier alpha value is -0.830. The minimum Gasteiger partial charge on any atom is -0.310 e. The molecule has 3 nitrogen and oxygen atoms in total. The van der Waals surface area contributed by atoms with E-state index in [-0.39, 0.29) is 0 Å². The first-order chi connectivity index (χ1) is 8.25. The van der Waals surface area contributed by atoms with Crippen molar-refractivity contribution in [2.75, 3.05) is 0 Å². The van der Waals surface area contributed by atoms with Gasteiger partial charge in [-0.25, -0.2) is 0 Å². The van der Waals surface area contributed by atoms with Gasteiger partial charge in [0.05, 0.1) is 12.2 Å². The lowest BCUT2D eigenvalue weighted by atomic mass is 10.1. The van der Waals surface area contributed by atoms with E-state index in [0.717, 1.165) is 6.54 Å². The molecule has 17 heavy (non-hydrogen) atoms. The van der Waals surface area contributed by atoms with Crippen LogP contribution in [0, 0.1) is 0 Å². The summed E-state index contributed by atoms with van der Waals surface area (Å²) in [6.07, 6.45) is 12.4. The number of aromatic nitrogens is 2. The van der Waals surface area contributed by atoms with Crippen LogP contribution in [-0.4, -0.2) is 15.8 Å². The summed E-state index contributed by atoms with van der Waals surface area (Å²) >= 11 is 0. The maximum atomic E-state index is 4.54. The fourth-order valence-electron chi connectivity index (χ4n) is 2.51. The van der Waals surface area contributed by atoms with Gasteiger partial charge in [0.2, 0.25) is 0 Å². The largest absolute Gasteiger partial charge is 0.310 e. The summed E-state index contributed by atoms with van der Waals surface area (Å²) in [4.78, 5) is 0. The van der Waals surface area contributed by atoms with E-state index in [9.17, 15) is 0 Å². The predicted octanol–water partition coefficient (Wildman–Crippen LogP) is 3.28. The van der Waals surface area contributed by atoms with Crippen molar-refractivity contribution in [3.8, 4) is 0 Å². The molecular weight excluding hydrogens is 210 g/mol. The highest BCUT2D eigenvalue weighted by Gasteiger charge is 2.14. The highest BCUT2D eigenvalue weighted by molar-refractivity contribution is 5.04. The quantitative estimate of drug-likeness (QED) is 0.812. The van der Waals surface area contributed by atoms with Crippen molar-refractivity contribution in [2.24, 2.45) is 0 Å². The van der Waals surface area contributed by atoms with E-state index in [2.05, 4.69) is 35.1 Å². The van der Waals surface area contributed by atoms with Gasteiger partial charge in [-0.2, -0.15) is 5.10 Å². The molecule has 0 amide bonds. The zero-order valence-corrected chi connectivity index (χ0v) is 11.2. The molecule has 0 aliphatic heterocycles. The van der Waals surface area contributed by atoms with E-state index >= 15 is 0 Å². The first kappa shape index (κ1) is 12.6. The van der Waals surface area contributed by atoms with Gasteiger partial charge in [0.25, 0.3) is 0 Å². The third kappa shape index (κ3) is 3.84. The fourth-order valence-corrected chi connectivity index (χ4v) is 2.51. The zero-order valence-electron chi connectivity index (χ0n) is 11.2. The molecule has 1 N–H and O–H groups in total. The molecule has 0 aromatic carbocycles. The number of hydrogen-bond acceptors (Lipinski definition) is 2. The average Bonchev–Trinajstić information content (AvgIpc) is 2.60. The maximum Gasteiger partial charge on any atom is 0.0534 e. The van der Waals surface area contributed by atoms with Crippen LogP contribution in [0.3, 0.4) is 0 Å². The summed E-state index contributed by atoms with van der Waals surface area (Å²) in [6.45, 7) is 5.29. The average molecular weight is 235 g/mol. The molecule has 1 aromatic rings. The molecule has 0 radical (unpaired) electrons. The summed E-state index contributed by atoms with van der Waals surface area (Å²) in [5.74, 6) is 0. The van der Waals surface area contributed by atoms with Crippen molar-refractivity contribution < 1.29 is 0 Å². The SMILES string of the molecule is CC(C)NCc1cnn(C2CCCCCC2)c1. The Morgan fingerprint density at radius 1 is 1.29 bits per heavy atom. The smallest absolute Gasteiger partial charge is 0.0534 e. The number of nitrogens with zero attached hydrogens (tertiary/aromatic N) is 2. The molecule has 3 heteroatoms. The second-order valence-electron chi connectivity index (χ2n) is 5.51. The van der Waals surface area contributed by atoms with Gasteiger partial charge in [-0.05, 0) is 12.8 Å². The van der Waals surface area contributed by atoms with Gasteiger partial charge in [0.15, 0.2) is 0 Å². The van der Waals surface area contributed by atoms with Crippen molar-refractivity contribution in [3.63, 3.8) is 0 Å². The molecule has 1 saturated carbocycles. The highest BCUT2D eigenvalue weighted by atomic mass is 15.3. The van der Waals surface area contributed by atoms with Gasteiger partial charge in [-0.1, -0.05) is 39.5 Å². The van der Waals surface area contributed by atoms with Crippen LogP contribution in [0.2, 0.25) is 0 Å². The molecule has 1 aliphatic rings. The van der Waals surface area contributed by atoms with Crippen LogP contribution in [0.25, 0.3) is 0 Å². The molecule has 1 heterocycles. The summed E-state index contributed by atoms with van der Waals surface area (Å²) < 4.78 is 2.20. The Morgan fingerprint density at radius 3 is 2.65 bits per heavy atom. The minimum absolute atomic E-state index is 0.538. The first-order valence-electron chi connectivity index (χ1n) is 7.02. The van der Waals surface area contributed by atoms with Crippen LogP contribution in [-0.2, 0) is 6.54 Å². The van der Waals surface area contributed by atoms with Gasteiger partial charge in [-0.3, -0.25) is 4.68 Å². The van der Waals surface area contributed by atoms with Crippen LogP contribution in [0.15, 0.2) is 12.4 Å². The topological polar surface area (TPSA) is 29.9 Å². The third-order valence-electron chi connectivity index (χ3n) is 3.57. The van der Waals surface area contributed by atoms with E-state index in [1.807, 2.05) is 6.20 Å². The highest BCUT2D eigenvalue weighted by Crippen LogP contribution is 2.26. The molecule has 2 rings (SSSR count). The normalized spacial score (nSPS) is 18.5. The van der Waals surface area contributed by atoms with Crippen LogP contribution >= 0.6 is 0 Å². The van der Waals surface area contributed by atoms with Gasteiger partial charge in [0.1, 0.15) is 0 Å². The summed E-state index contributed by atoms with van der Waals surface area (Å²) in [5, 5.41) is 7.97. The molecule has 0 unspecified atom stereocenters. The molecule has 96 valence electrons. The molecule has 1 aliphatic carbocycles. The van der Waals surface area contributed by atoms with Crippen molar-refractivity contribution in [3.05, 3.63) is 18.0 Å². The zero-order chi connectivity index (χ0) is 12.1. The molecular formula is C14H25N3. The molecule has 0 bridgehead atoms. The fraction of sp³-hybridized carbons (Fsp3) is 0.786. The Balaban J connectivity index is 1.92. The molecule has 1 fully saturated rings.